The van der Waals surface area contributed by atoms with Gasteiger partial charge in [-0.25, -0.2) is 0 Å². The van der Waals surface area contributed by atoms with E-state index in [4.69, 9.17) is 4.74 Å². The molecule has 172 valence electrons. The van der Waals surface area contributed by atoms with Gasteiger partial charge in [0.1, 0.15) is 5.75 Å². The first-order valence-electron chi connectivity index (χ1n) is 11.1. The maximum absolute atomic E-state index is 12.3. The third kappa shape index (κ3) is 5.05. The summed E-state index contributed by atoms with van der Waals surface area (Å²) >= 11 is 0. The highest BCUT2D eigenvalue weighted by molar-refractivity contribution is 6.02. The summed E-state index contributed by atoms with van der Waals surface area (Å²) in [5.74, 6) is -0.230. The number of carbonyl (C=O) groups is 3. The second-order valence-corrected chi connectivity index (χ2v) is 8.65. The molecule has 3 amide bonds. The van der Waals surface area contributed by atoms with E-state index in [1.54, 1.807) is 23.9 Å². The number of aryl methyl sites for hydroxylation is 1. The minimum absolute atomic E-state index is 0.104. The lowest BCUT2D eigenvalue weighted by Gasteiger charge is -2.19. The number of benzene rings is 2. The second-order valence-electron chi connectivity index (χ2n) is 8.65. The molecule has 1 aliphatic rings. The number of aromatic nitrogens is 2. The predicted molar refractivity (Wildman–Crippen MR) is 124 cm³/mol. The van der Waals surface area contributed by atoms with Gasteiger partial charge in [0.25, 0.3) is 5.91 Å². The number of fused-ring (bicyclic) bond motifs is 1. The molecule has 4 rings (SSSR count). The maximum Gasteiger partial charge on any atom is 0.258 e. The number of carbonyl (C=O) groups excluding carboxylic acids is 3. The molecule has 0 bridgehead atoms. The van der Waals surface area contributed by atoms with Crippen molar-refractivity contribution in [2.75, 3.05) is 6.61 Å². The number of nitrogens with one attached hydrogen (secondary N) is 2. The normalized spacial score (nSPS) is 16.2. The van der Waals surface area contributed by atoms with E-state index in [0.717, 1.165) is 16.5 Å². The highest BCUT2D eigenvalue weighted by atomic mass is 16.5. The van der Waals surface area contributed by atoms with E-state index < -0.39 is 5.92 Å². The van der Waals surface area contributed by atoms with Crippen molar-refractivity contribution in [1.82, 2.24) is 20.4 Å². The van der Waals surface area contributed by atoms with Crippen LogP contribution >= 0.6 is 0 Å². The van der Waals surface area contributed by atoms with Crippen LogP contribution in [0.15, 0.2) is 42.5 Å². The maximum atomic E-state index is 12.3. The van der Waals surface area contributed by atoms with Crippen LogP contribution in [0, 0.1) is 0 Å². The monoisotopic (exact) mass is 448 g/mol. The van der Waals surface area contributed by atoms with E-state index in [1.807, 2.05) is 18.2 Å². The Balaban J connectivity index is 1.37. The van der Waals surface area contributed by atoms with E-state index in [9.17, 15) is 14.4 Å². The SMILES string of the molecule is CC(C)c1ccc(CNC(=O)COc2ccc3c(C4CCC(=O)NC4=O)nn(C)c3c2)cc1. The molecule has 2 N–H and O–H groups in total. The Morgan fingerprint density at radius 3 is 2.67 bits per heavy atom. The first-order chi connectivity index (χ1) is 15.8. The summed E-state index contributed by atoms with van der Waals surface area (Å²) in [6.07, 6.45) is 0.738. The van der Waals surface area contributed by atoms with Crippen molar-refractivity contribution in [3.05, 3.63) is 59.3 Å². The average Bonchev–Trinajstić information content (AvgIpc) is 3.12. The molecule has 1 atom stereocenters. The molecule has 1 fully saturated rings. The summed E-state index contributed by atoms with van der Waals surface area (Å²) in [6, 6.07) is 13.6. The Morgan fingerprint density at radius 2 is 1.97 bits per heavy atom. The molecule has 0 aliphatic carbocycles. The van der Waals surface area contributed by atoms with Gasteiger partial charge in [0, 0.05) is 31.5 Å². The van der Waals surface area contributed by atoms with Gasteiger partial charge in [0.2, 0.25) is 11.8 Å². The Hall–Kier alpha value is -3.68. The fourth-order valence-corrected chi connectivity index (χ4v) is 3.99. The molecule has 1 aliphatic heterocycles. The molecule has 1 aromatic heterocycles. The van der Waals surface area contributed by atoms with Gasteiger partial charge in [-0.2, -0.15) is 5.10 Å². The van der Waals surface area contributed by atoms with Crippen molar-refractivity contribution in [2.45, 2.75) is 45.1 Å². The zero-order valence-electron chi connectivity index (χ0n) is 19.1. The number of piperidine rings is 1. The topological polar surface area (TPSA) is 102 Å². The minimum atomic E-state index is -0.460. The lowest BCUT2D eigenvalue weighted by molar-refractivity contribution is -0.134. The van der Waals surface area contributed by atoms with Gasteiger partial charge in [-0.1, -0.05) is 38.1 Å². The number of ether oxygens (including phenoxy) is 1. The van der Waals surface area contributed by atoms with Gasteiger partial charge in [0.15, 0.2) is 6.61 Å². The molecular formula is C25H28N4O4. The molecule has 1 unspecified atom stereocenters. The minimum Gasteiger partial charge on any atom is -0.484 e. The van der Waals surface area contributed by atoms with E-state index >= 15 is 0 Å². The van der Waals surface area contributed by atoms with Crippen LogP contribution in [0.25, 0.3) is 10.9 Å². The number of nitrogens with zero attached hydrogens (tertiary/aromatic N) is 2. The Bertz CT molecular complexity index is 1200. The molecule has 0 spiro atoms. The fraction of sp³-hybridized carbons (Fsp3) is 0.360. The van der Waals surface area contributed by atoms with Gasteiger partial charge < -0.3 is 10.1 Å². The molecule has 2 heterocycles. The summed E-state index contributed by atoms with van der Waals surface area (Å²) < 4.78 is 7.37. The number of rotatable bonds is 7. The Kier molecular flexibility index (Phi) is 6.44. The molecule has 1 saturated heterocycles. The summed E-state index contributed by atoms with van der Waals surface area (Å²) in [5, 5.41) is 10.6. The van der Waals surface area contributed by atoms with Crippen LogP contribution in [0.1, 0.15) is 55.3 Å². The predicted octanol–water partition coefficient (Wildman–Crippen LogP) is 2.91. The lowest BCUT2D eigenvalue weighted by atomic mass is 9.93. The Labute approximate surface area is 192 Å². The number of amides is 3. The molecule has 8 heteroatoms. The number of hydrogen-bond acceptors (Lipinski definition) is 5. The summed E-state index contributed by atoms with van der Waals surface area (Å²) in [4.78, 5) is 36.0. The lowest BCUT2D eigenvalue weighted by Crippen LogP contribution is -2.39. The molecule has 0 radical (unpaired) electrons. The van der Waals surface area contributed by atoms with Crippen LogP contribution in [0.2, 0.25) is 0 Å². The third-order valence-electron chi connectivity index (χ3n) is 5.93. The fourth-order valence-electron chi connectivity index (χ4n) is 3.99. The summed E-state index contributed by atoms with van der Waals surface area (Å²) in [5.41, 5.74) is 3.73. The van der Waals surface area contributed by atoms with E-state index in [0.29, 0.717) is 36.7 Å². The van der Waals surface area contributed by atoms with E-state index in [-0.39, 0.29) is 24.3 Å². The molecule has 3 aromatic rings. The third-order valence-corrected chi connectivity index (χ3v) is 5.93. The van der Waals surface area contributed by atoms with Crippen molar-refractivity contribution in [3.63, 3.8) is 0 Å². The van der Waals surface area contributed by atoms with Gasteiger partial charge in [-0.05, 0) is 35.6 Å². The van der Waals surface area contributed by atoms with E-state index in [1.165, 1.54) is 5.56 Å². The largest absolute Gasteiger partial charge is 0.484 e. The van der Waals surface area contributed by atoms with Crippen LogP contribution in [0.4, 0.5) is 0 Å². The van der Waals surface area contributed by atoms with Crippen molar-refractivity contribution < 1.29 is 19.1 Å². The average molecular weight is 449 g/mol. The van der Waals surface area contributed by atoms with E-state index in [2.05, 4.69) is 41.7 Å². The van der Waals surface area contributed by atoms with Gasteiger partial charge in [0.05, 0.1) is 17.1 Å². The highest BCUT2D eigenvalue weighted by Crippen LogP contribution is 2.31. The standard InChI is InChI=1S/C25H28N4O4/c1-15(2)17-6-4-16(5-7-17)13-26-23(31)14-33-18-8-9-19-21(12-18)29(3)28-24(19)20-10-11-22(30)27-25(20)32/h4-9,12,15,20H,10-11,13-14H2,1-3H3,(H,26,31)(H,27,30,32). The molecule has 33 heavy (non-hydrogen) atoms. The molecular weight excluding hydrogens is 420 g/mol. The van der Waals surface area contributed by atoms with Crippen LogP contribution in [0.3, 0.4) is 0 Å². The second kappa shape index (κ2) is 9.44. The molecule has 2 aromatic carbocycles. The molecule has 0 saturated carbocycles. The smallest absolute Gasteiger partial charge is 0.258 e. The van der Waals surface area contributed by atoms with Crippen LogP contribution in [-0.4, -0.2) is 34.1 Å². The Morgan fingerprint density at radius 1 is 1.21 bits per heavy atom. The highest BCUT2D eigenvalue weighted by Gasteiger charge is 2.31. The van der Waals surface area contributed by atoms with Crippen LogP contribution in [-0.2, 0) is 28.0 Å². The van der Waals surface area contributed by atoms with Crippen molar-refractivity contribution in [3.8, 4) is 5.75 Å². The molecule has 8 nitrogen and oxygen atoms in total. The number of hydrogen-bond donors (Lipinski definition) is 2. The summed E-state index contributed by atoms with van der Waals surface area (Å²) in [6.45, 7) is 4.63. The van der Waals surface area contributed by atoms with Crippen molar-refractivity contribution in [2.24, 2.45) is 7.05 Å². The van der Waals surface area contributed by atoms with Crippen LogP contribution in [0.5, 0.6) is 5.75 Å². The summed E-state index contributed by atoms with van der Waals surface area (Å²) in [7, 11) is 1.79. The number of imide groups is 1. The zero-order valence-corrected chi connectivity index (χ0v) is 19.1. The van der Waals surface area contributed by atoms with Crippen molar-refractivity contribution in [1.29, 1.82) is 0 Å². The van der Waals surface area contributed by atoms with Crippen LogP contribution < -0.4 is 15.4 Å². The van der Waals surface area contributed by atoms with Gasteiger partial charge in [-0.15, -0.1) is 0 Å². The van der Waals surface area contributed by atoms with Gasteiger partial charge >= 0.3 is 0 Å². The van der Waals surface area contributed by atoms with Gasteiger partial charge in [-0.3, -0.25) is 24.4 Å². The van der Waals surface area contributed by atoms with Crippen molar-refractivity contribution >= 4 is 28.6 Å². The zero-order chi connectivity index (χ0) is 23.5. The quantitative estimate of drug-likeness (QED) is 0.541. The first-order valence-corrected chi connectivity index (χ1v) is 11.1. The first kappa shape index (κ1) is 22.5.